The van der Waals surface area contributed by atoms with Crippen LogP contribution in [0.1, 0.15) is 64.7 Å². The number of halogens is 1. The van der Waals surface area contributed by atoms with Crippen molar-refractivity contribution in [3.05, 3.63) is 0 Å². The molecule has 124 valence electrons. The Balaban J connectivity index is 0.00000220. The molecule has 0 bridgehead atoms. The smallest absolute Gasteiger partial charge is 0.240 e. The van der Waals surface area contributed by atoms with Crippen LogP contribution in [0.4, 0.5) is 0 Å². The van der Waals surface area contributed by atoms with Crippen LogP contribution in [0.25, 0.3) is 0 Å². The molecule has 2 rings (SSSR count). The van der Waals surface area contributed by atoms with Gasteiger partial charge in [0.1, 0.15) is 0 Å². The monoisotopic (exact) mass is 318 g/mol. The molecule has 0 radical (unpaired) electrons. The summed E-state index contributed by atoms with van der Waals surface area (Å²) in [6, 6.07) is 0. The SMILES string of the molecule is CC1CCCCC1OCCNC(=O)C1(N)CCCCC1.Cl. The highest BCUT2D eigenvalue weighted by molar-refractivity contribution is 5.86. The number of nitrogens with two attached hydrogens (primary N) is 1. The molecule has 1 amide bonds. The number of amides is 1. The predicted octanol–water partition coefficient (Wildman–Crippen LogP) is 2.78. The molecule has 2 unspecified atom stereocenters. The maximum atomic E-state index is 12.1. The molecule has 0 spiro atoms. The van der Waals surface area contributed by atoms with E-state index in [9.17, 15) is 4.79 Å². The number of nitrogens with one attached hydrogen (secondary N) is 1. The first-order chi connectivity index (χ1) is 9.62. The maximum absolute atomic E-state index is 12.1. The van der Waals surface area contributed by atoms with Gasteiger partial charge in [0.25, 0.3) is 0 Å². The summed E-state index contributed by atoms with van der Waals surface area (Å²) in [7, 11) is 0. The van der Waals surface area contributed by atoms with E-state index >= 15 is 0 Å². The van der Waals surface area contributed by atoms with E-state index in [1.165, 1.54) is 25.7 Å². The lowest BCUT2D eigenvalue weighted by Gasteiger charge is -2.32. The second kappa shape index (κ2) is 8.96. The van der Waals surface area contributed by atoms with E-state index in [0.717, 1.165) is 32.1 Å². The molecule has 0 aromatic carbocycles. The summed E-state index contributed by atoms with van der Waals surface area (Å²) in [5.41, 5.74) is 5.57. The summed E-state index contributed by atoms with van der Waals surface area (Å²) in [6.07, 6.45) is 10.4. The van der Waals surface area contributed by atoms with E-state index < -0.39 is 5.54 Å². The lowest BCUT2D eigenvalue weighted by atomic mass is 9.82. The van der Waals surface area contributed by atoms with Crippen molar-refractivity contribution in [2.24, 2.45) is 11.7 Å². The van der Waals surface area contributed by atoms with Crippen LogP contribution in [-0.2, 0) is 9.53 Å². The standard InChI is InChI=1S/C16H30N2O2.ClH/c1-13-7-3-4-8-14(13)20-12-11-18-15(19)16(17)9-5-2-6-10-16;/h13-14H,2-12,17H2,1H3,(H,18,19);1H. The molecule has 3 N–H and O–H groups in total. The summed E-state index contributed by atoms with van der Waals surface area (Å²) < 4.78 is 5.91. The minimum atomic E-state index is -0.629. The van der Waals surface area contributed by atoms with E-state index in [-0.39, 0.29) is 18.3 Å². The Labute approximate surface area is 135 Å². The van der Waals surface area contributed by atoms with Crippen LogP contribution in [-0.4, -0.2) is 30.7 Å². The average molecular weight is 319 g/mol. The van der Waals surface area contributed by atoms with E-state index in [1.807, 2.05) is 0 Å². The van der Waals surface area contributed by atoms with Crippen molar-refractivity contribution in [1.82, 2.24) is 5.32 Å². The fraction of sp³-hybridized carbons (Fsp3) is 0.938. The zero-order chi connectivity index (χ0) is 14.4. The largest absolute Gasteiger partial charge is 0.376 e. The highest BCUT2D eigenvalue weighted by Gasteiger charge is 2.34. The molecule has 2 saturated carbocycles. The van der Waals surface area contributed by atoms with E-state index in [4.69, 9.17) is 10.5 Å². The van der Waals surface area contributed by atoms with Crippen LogP contribution >= 0.6 is 12.4 Å². The molecule has 0 heterocycles. The molecular weight excluding hydrogens is 288 g/mol. The topological polar surface area (TPSA) is 64.3 Å². The molecule has 2 aliphatic carbocycles. The number of ether oxygens (including phenoxy) is 1. The molecule has 21 heavy (non-hydrogen) atoms. The number of rotatable bonds is 5. The molecule has 0 aromatic heterocycles. The van der Waals surface area contributed by atoms with Crippen molar-refractivity contribution < 1.29 is 9.53 Å². The summed E-state index contributed by atoms with van der Waals surface area (Å²) in [6.45, 7) is 3.46. The van der Waals surface area contributed by atoms with Gasteiger partial charge in [-0.25, -0.2) is 0 Å². The van der Waals surface area contributed by atoms with Crippen LogP contribution in [0.2, 0.25) is 0 Å². The second-order valence-electron chi connectivity index (χ2n) is 6.64. The Bertz CT molecular complexity index is 319. The van der Waals surface area contributed by atoms with Gasteiger partial charge in [-0.3, -0.25) is 4.79 Å². The molecule has 4 nitrogen and oxygen atoms in total. The summed E-state index contributed by atoms with van der Waals surface area (Å²) in [5.74, 6) is 0.663. The van der Waals surface area contributed by atoms with Crippen molar-refractivity contribution in [2.75, 3.05) is 13.2 Å². The number of carbonyl (C=O) groups excluding carboxylic acids is 1. The maximum Gasteiger partial charge on any atom is 0.240 e. The summed E-state index contributed by atoms with van der Waals surface area (Å²) in [5, 5.41) is 2.96. The first kappa shape index (κ1) is 18.7. The van der Waals surface area contributed by atoms with Gasteiger partial charge in [-0.2, -0.15) is 0 Å². The van der Waals surface area contributed by atoms with Crippen molar-refractivity contribution in [3.8, 4) is 0 Å². The third kappa shape index (κ3) is 5.42. The molecule has 2 atom stereocenters. The number of carbonyl (C=O) groups is 1. The Morgan fingerprint density at radius 2 is 1.86 bits per heavy atom. The zero-order valence-electron chi connectivity index (χ0n) is 13.2. The first-order valence-corrected chi connectivity index (χ1v) is 8.31. The van der Waals surface area contributed by atoms with Gasteiger partial charge in [0.2, 0.25) is 5.91 Å². The third-order valence-corrected chi connectivity index (χ3v) is 4.95. The molecule has 0 aliphatic heterocycles. The van der Waals surface area contributed by atoms with Crippen LogP contribution < -0.4 is 11.1 Å². The molecule has 5 heteroatoms. The van der Waals surface area contributed by atoms with Crippen molar-refractivity contribution in [1.29, 1.82) is 0 Å². The van der Waals surface area contributed by atoms with Crippen molar-refractivity contribution in [2.45, 2.75) is 76.4 Å². The van der Waals surface area contributed by atoms with Crippen molar-refractivity contribution >= 4 is 18.3 Å². The van der Waals surface area contributed by atoms with Gasteiger partial charge < -0.3 is 15.8 Å². The highest BCUT2D eigenvalue weighted by atomic mass is 35.5. The fourth-order valence-electron chi connectivity index (χ4n) is 3.49. The quantitative estimate of drug-likeness (QED) is 0.766. The normalized spacial score (nSPS) is 28.5. The minimum Gasteiger partial charge on any atom is -0.376 e. The van der Waals surface area contributed by atoms with Gasteiger partial charge in [0, 0.05) is 6.54 Å². The number of hydrogen-bond acceptors (Lipinski definition) is 3. The second-order valence-corrected chi connectivity index (χ2v) is 6.64. The van der Waals surface area contributed by atoms with Gasteiger partial charge in [-0.1, -0.05) is 39.0 Å². The molecule has 2 fully saturated rings. The fourth-order valence-corrected chi connectivity index (χ4v) is 3.49. The zero-order valence-corrected chi connectivity index (χ0v) is 14.1. The van der Waals surface area contributed by atoms with Crippen molar-refractivity contribution in [3.63, 3.8) is 0 Å². The van der Waals surface area contributed by atoms with Crippen LogP contribution in [0.3, 0.4) is 0 Å². The van der Waals surface area contributed by atoms with Gasteiger partial charge >= 0.3 is 0 Å². The molecular formula is C16H31ClN2O2. The van der Waals surface area contributed by atoms with Gasteiger partial charge in [-0.15, -0.1) is 12.4 Å². The average Bonchev–Trinajstić information content (AvgIpc) is 2.46. The van der Waals surface area contributed by atoms with Crippen LogP contribution in [0, 0.1) is 5.92 Å². The number of hydrogen-bond donors (Lipinski definition) is 2. The highest BCUT2D eigenvalue weighted by Crippen LogP contribution is 2.27. The Morgan fingerprint density at radius 1 is 1.19 bits per heavy atom. The summed E-state index contributed by atoms with van der Waals surface area (Å²) in [4.78, 5) is 12.1. The van der Waals surface area contributed by atoms with Crippen LogP contribution in [0.5, 0.6) is 0 Å². The third-order valence-electron chi connectivity index (χ3n) is 4.95. The van der Waals surface area contributed by atoms with E-state index in [0.29, 0.717) is 25.2 Å². The van der Waals surface area contributed by atoms with E-state index in [1.54, 1.807) is 0 Å². The predicted molar refractivity (Wildman–Crippen MR) is 87.6 cm³/mol. The van der Waals surface area contributed by atoms with Gasteiger partial charge in [0.05, 0.1) is 18.2 Å². The Hall–Kier alpha value is -0.320. The Morgan fingerprint density at radius 3 is 2.52 bits per heavy atom. The lowest BCUT2D eigenvalue weighted by Crippen LogP contribution is -2.55. The van der Waals surface area contributed by atoms with Crippen LogP contribution in [0.15, 0.2) is 0 Å². The molecule has 2 aliphatic rings. The Kier molecular flexibility index (Phi) is 7.99. The first-order valence-electron chi connectivity index (χ1n) is 8.31. The summed E-state index contributed by atoms with van der Waals surface area (Å²) >= 11 is 0. The van der Waals surface area contributed by atoms with Gasteiger partial charge in [0.15, 0.2) is 0 Å². The van der Waals surface area contributed by atoms with E-state index in [2.05, 4.69) is 12.2 Å². The van der Waals surface area contributed by atoms with Gasteiger partial charge in [-0.05, 0) is 31.6 Å². The molecule has 0 saturated heterocycles. The molecule has 0 aromatic rings. The lowest BCUT2D eigenvalue weighted by molar-refractivity contribution is -0.128. The minimum absolute atomic E-state index is 0.